The van der Waals surface area contributed by atoms with Gasteiger partial charge in [0.2, 0.25) is 0 Å². The average molecular weight is 312 g/mol. The number of carbonyl (C=O) groups is 2. The van der Waals surface area contributed by atoms with Crippen LogP contribution in [0.5, 0.6) is 0 Å². The number of rotatable bonds is 4. The van der Waals surface area contributed by atoms with Crippen molar-refractivity contribution < 1.29 is 14.3 Å². The highest BCUT2D eigenvalue weighted by atomic mass is 35.5. The summed E-state index contributed by atoms with van der Waals surface area (Å²) in [4.78, 5) is 26.4. The van der Waals surface area contributed by atoms with E-state index in [1.807, 2.05) is 0 Å². The molecule has 0 spiro atoms. The van der Waals surface area contributed by atoms with Gasteiger partial charge in [-0.15, -0.1) is 0 Å². The lowest BCUT2D eigenvalue weighted by Gasteiger charge is -2.07. The standard InChI is InChI=1S/C10H9Cl3N2O3/c1-2-14-6(16)4-18-10(17)9-8(13)7(12)5(11)3-15-9/h3H,2,4H2,1H3,(H,14,16). The first-order valence-corrected chi connectivity index (χ1v) is 6.04. The zero-order valence-corrected chi connectivity index (χ0v) is 11.6. The molecule has 1 heterocycles. The Bertz CT molecular complexity index is 480. The molecule has 98 valence electrons. The highest BCUT2D eigenvalue weighted by Crippen LogP contribution is 2.31. The van der Waals surface area contributed by atoms with E-state index in [1.165, 1.54) is 6.20 Å². The SMILES string of the molecule is CCNC(=O)COC(=O)c1ncc(Cl)c(Cl)c1Cl. The van der Waals surface area contributed by atoms with Crippen molar-refractivity contribution in [1.29, 1.82) is 0 Å². The number of hydrogen-bond acceptors (Lipinski definition) is 4. The molecule has 0 atom stereocenters. The van der Waals surface area contributed by atoms with Crippen molar-refractivity contribution in [2.24, 2.45) is 0 Å². The minimum absolute atomic E-state index is 0.0123. The Labute approximate surface area is 118 Å². The number of aromatic nitrogens is 1. The van der Waals surface area contributed by atoms with Gasteiger partial charge in [-0.25, -0.2) is 9.78 Å². The summed E-state index contributed by atoms with van der Waals surface area (Å²) in [6.07, 6.45) is 1.18. The minimum Gasteiger partial charge on any atom is -0.451 e. The third-order valence-corrected chi connectivity index (χ3v) is 3.06. The van der Waals surface area contributed by atoms with Crippen molar-refractivity contribution >= 4 is 46.7 Å². The summed E-state index contributed by atoms with van der Waals surface area (Å²) >= 11 is 17.2. The van der Waals surface area contributed by atoms with E-state index < -0.39 is 18.5 Å². The van der Waals surface area contributed by atoms with Crippen LogP contribution >= 0.6 is 34.8 Å². The van der Waals surface area contributed by atoms with Crippen LogP contribution in [0.15, 0.2) is 6.20 Å². The van der Waals surface area contributed by atoms with Gasteiger partial charge in [0.05, 0.1) is 15.1 Å². The Kier molecular flexibility index (Phi) is 5.65. The fourth-order valence-electron chi connectivity index (χ4n) is 1.03. The maximum Gasteiger partial charge on any atom is 0.359 e. The Morgan fingerprint density at radius 1 is 1.33 bits per heavy atom. The van der Waals surface area contributed by atoms with Crippen LogP contribution in [0.1, 0.15) is 17.4 Å². The number of nitrogens with zero attached hydrogens (tertiary/aromatic N) is 1. The molecule has 1 N–H and O–H groups in total. The van der Waals surface area contributed by atoms with E-state index in [0.29, 0.717) is 6.54 Å². The molecule has 0 saturated heterocycles. The van der Waals surface area contributed by atoms with Crippen LogP contribution in [-0.2, 0) is 9.53 Å². The average Bonchev–Trinajstić information content (AvgIpc) is 2.34. The smallest absolute Gasteiger partial charge is 0.359 e. The summed E-state index contributed by atoms with van der Waals surface area (Å²) in [5.41, 5.74) is -0.185. The predicted octanol–water partition coefficient (Wildman–Crippen LogP) is 2.33. The van der Waals surface area contributed by atoms with E-state index in [0.717, 1.165) is 0 Å². The van der Waals surface area contributed by atoms with Gasteiger partial charge in [-0.3, -0.25) is 4.79 Å². The van der Waals surface area contributed by atoms with E-state index in [2.05, 4.69) is 10.3 Å². The summed E-state index contributed by atoms with van der Waals surface area (Å²) in [7, 11) is 0. The number of ether oxygens (including phenoxy) is 1. The maximum atomic E-state index is 11.6. The molecule has 0 unspecified atom stereocenters. The Hall–Kier alpha value is -1.04. The molecule has 0 aliphatic carbocycles. The van der Waals surface area contributed by atoms with Crippen molar-refractivity contribution in [2.45, 2.75) is 6.92 Å². The molecule has 0 aliphatic rings. The zero-order chi connectivity index (χ0) is 13.7. The summed E-state index contributed by atoms with van der Waals surface area (Å²) in [6.45, 7) is 1.78. The van der Waals surface area contributed by atoms with Crippen molar-refractivity contribution in [3.8, 4) is 0 Å². The molecule has 1 rings (SSSR count). The van der Waals surface area contributed by atoms with Gasteiger partial charge < -0.3 is 10.1 Å². The highest BCUT2D eigenvalue weighted by Gasteiger charge is 2.19. The summed E-state index contributed by atoms with van der Waals surface area (Å²) in [6, 6.07) is 0. The van der Waals surface area contributed by atoms with Gasteiger partial charge in [0, 0.05) is 12.7 Å². The molecule has 0 aromatic carbocycles. The van der Waals surface area contributed by atoms with E-state index >= 15 is 0 Å². The van der Waals surface area contributed by atoms with Gasteiger partial charge in [-0.1, -0.05) is 34.8 Å². The zero-order valence-electron chi connectivity index (χ0n) is 9.30. The van der Waals surface area contributed by atoms with Crippen LogP contribution in [0.2, 0.25) is 15.1 Å². The van der Waals surface area contributed by atoms with Crippen molar-refractivity contribution in [2.75, 3.05) is 13.2 Å². The van der Waals surface area contributed by atoms with Gasteiger partial charge >= 0.3 is 5.97 Å². The number of halogens is 3. The molecule has 0 aliphatic heterocycles. The second-order valence-electron chi connectivity index (χ2n) is 3.11. The number of amides is 1. The lowest BCUT2D eigenvalue weighted by molar-refractivity contribution is -0.124. The van der Waals surface area contributed by atoms with Crippen LogP contribution in [0.25, 0.3) is 0 Å². The van der Waals surface area contributed by atoms with E-state index in [4.69, 9.17) is 39.5 Å². The van der Waals surface area contributed by atoms with E-state index in [-0.39, 0.29) is 20.8 Å². The first-order valence-electron chi connectivity index (χ1n) is 4.90. The van der Waals surface area contributed by atoms with Crippen molar-refractivity contribution in [1.82, 2.24) is 10.3 Å². The third kappa shape index (κ3) is 3.73. The molecule has 8 heteroatoms. The molecular weight excluding hydrogens is 302 g/mol. The number of hydrogen-bond donors (Lipinski definition) is 1. The summed E-state index contributed by atoms with van der Waals surface area (Å²) < 4.78 is 4.72. The first-order chi connectivity index (χ1) is 8.47. The lowest BCUT2D eigenvalue weighted by Crippen LogP contribution is -2.28. The number of carbonyl (C=O) groups excluding carboxylic acids is 2. The second kappa shape index (κ2) is 6.78. The Morgan fingerprint density at radius 3 is 2.61 bits per heavy atom. The summed E-state index contributed by atoms with van der Waals surface area (Å²) in [5, 5.41) is 2.50. The van der Waals surface area contributed by atoms with Crippen molar-refractivity contribution in [3.05, 3.63) is 27.0 Å². The Morgan fingerprint density at radius 2 is 2.00 bits per heavy atom. The number of esters is 1. The fraction of sp³-hybridized carbons (Fsp3) is 0.300. The quantitative estimate of drug-likeness (QED) is 0.867. The fourth-order valence-corrected chi connectivity index (χ4v) is 1.59. The second-order valence-corrected chi connectivity index (χ2v) is 4.28. The molecule has 0 radical (unpaired) electrons. The van der Waals surface area contributed by atoms with Crippen LogP contribution < -0.4 is 5.32 Å². The van der Waals surface area contributed by atoms with Gasteiger partial charge in [0.25, 0.3) is 5.91 Å². The minimum atomic E-state index is -0.843. The van der Waals surface area contributed by atoms with Gasteiger partial charge in [0.15, 0.2) is 12.3 Å². The molecule has 1 amide bonds. The molecule has 1 aromatic rings. The highest BCUT2D eigenvalue weighted by molar-refractivity contribution is 6.48. The topological polar surface area (TPSA) is 68.3 Å². The molecule has 5 nitrogen and oxygen atoms in total. The molecule has 0 saturated carbocycles. The third-order valence-electron chi connectivity index (χ3n) is 1.82. The van der Waals surface area contributed by atoms with Crippen LogP contribution in [0, 0.1) is 0 Å². The predicted molar refractivity (Wildman–Crippen MR) is 68.2 cm³/mol. The van der Waals surface area contributed by atoms with E-state index in [1.54, 1.807) is 6.92 Å². The van der Waals surface area contributed by atoms with Crippen molar-refractivity contribution in [3.63, 3.8) is 0 Å². The van der Waals surface area contributed by atoms with Crippen LogP contribution in [-0.4, -0.2) is 30.0 Å². The largest absolute Gasteiger partial charge is 0.451 e. The molecule has 18 heavy (non-hydrogen) atoms. The monoisotopic (exact) mass is 310 g/mol. The number of pyridine rings is 1. The van der Waals surface area contributed by atoms with E-state index in [9.17, 15) is 9.59 Å². The lowest BCUT2D eigenvalue weighted by atomic mass is 10.3. The van der Waals surface area contributed by atoms with Gasteiger partial charge in [-0.05, 0) is 6.92 Å². The maximum absolute atomic E-state index is 11.6. The molecule has 0 fully saturated rings. The van der Waals surface area contributed by atoms with Gasteiger partial charge in [0.1, 0.15) is 0 Å². The molecular formula is C10H9Cl3N2O3. The Balaban J connectivity index is 2.74. The first kappa shape index (κ1) is 15.0. The molecule has 0 bridgehead atoms. The normalized spacial score (nSPS) is 10.0. The van der Waals surface area contributed by atoms with Crippen LogP contribution in [0.4, 0.5) is 0 Å². The number of likely N-dealkylation sites (N-methyl/N-ethyl adjacent to an activating group) is 1. The van der Waals surface area contributed by atoms with Gasteiger partial charge in [-0.2, -0.15) is 0 Å². The summed E-state index contributed by atoms with van der Waals surface area (Å²) in [5.74, 6) is -1.26. The van der Waals surface area contributed by atoms with Crippen LogP contribution in [0.3, 0.4) is 0 Å². The number of nitrogens with one attached hydrogen (secondary N) is 1. The molecule has 1 aromatic heterocycles.